The molecule has 0 aliphatic rings. The number of rotatable bonds is 3. The van der Waals surface area contributed by atoms with Gasteiger partial charge in [-0.05, 0) is 12.1 Å². The maximum Gasteiger partial charge on any atom is 0.339 e. The van der Waals surface area contributed by atoms with Gasteiger partial charge in [0.05, 0.1) is 11.8 Å². The van der Waals surface area contributed by atoms with Crippen LogP contribution in [0.4, 0.5) is 0 Å². The second-order valence-electron chi connectivity index (χ2n) is 3.22. The molecule has 0 bridgehead atoms. The van der Waals surface area contributed by atoms with Gasteiger partial charge in [-0.25, -0.2) is 14.5 Å². The fourth-order valence-corrected chi connectivity index (χ4v) is 1.31. The molecule has 0 aliphatic carbocycles. The molecule has 0 unspecified atom stereocenters. The predicted molar refractivity (Wildman–Crippen MR) is 56.8 cm³/mol. The van der Waals surface area contributed by atoms with Crippen molar-refractivity contribution in [2.45, 2.75) is 0 Å². The molecule has 0 saturated carbocycles. The van der Waals surface area contributed by atoms with Crippen LogP contribution >= 0.6 is 0 Å². The Balaban J connectivity index is 2.52. The quantitative estimate of drug-likeness (QED) is 0.777. The van der Waals surface area contributed by atoms with Crippen LogP contribution in [-0.4, -0.2) is 31.7 Å². The lowest BCUT2D eigenvalue weighted by Gasteiger charge is -2.03. The average molecular weight is 232 g/mol. The van der Waals surface area contributed by atoms with Crippen molar-refractivity contribution in [2.75, 3.05) is 0 Å². The summed E-state index contributed by atoms with van der Waals surface area (Å²) in [5, 5.41) is 12.8. The molecule has 0 fully saturated rings. The number of pyridine rings is 1. The van der Waals surface area contributed by atoms with Crippen LogP contribution in [0.3, 0.4) is 0 Å². The van der Waals surface area contributed by atoms with Crippen LogP contribution in [0.1, 0.15) is 20.7 Å². The molecule has 2 rings (SSSR count). The molecule has 2 aromatic rings. The first kappa shape index (κ1) is 10.8. The lowest BCUT2D eigenvalue weighted by molar-refractivity contribution is 0.0696. The molecule has 0 aliphatic heterocycles. The number of primary amides is 1. The first-order valence-corrected chi connectivity index (χ1v) is 4.63. The SMILES string of the molecule is NC(=O)c1cnn(-c2ncccc2C(=O)O)c1. The number of hydrogen-bond acceptors (Lipinski definition) is 4. The van der Waals surface area contributed by atoms with Crippen molar-refractivity contribution in [1.82, 2.24) is 14.8 Å². The molecule has 2 heterocycles. The number of nitrogens with zero attached hydrogens (tertiary/aromatic N) is 3. The number of carbonyl (C=O) groups excluding carboxylic acids is 1. The molecule has 7 heteroatoms. The summed E-state index contributed by atoms with van der Waals surface area (Å²) in [5.41, 5.74) is 5.25. The van der Waals surface area contributed by atoms with Crippen LogP contribution in [-0.2, 0) is 0 Å². The van der Waals surface area contributed by atoms with E-state index in [0.717, 1.165) is 0 Å². The Bertz CT molecular complexity index is 591. The smallest absolute Gasteiger partial charge is 0.339 e. The van der Waals surface area contributed by atoms with E-state index >= 15 is 0 Å². The molecule has 0 saturated heterocycles. The van der Waals surface area contributed by atoms with E-state index in [1.807, 2.05) is 0 Å². The topological polar surface area (TPSA) is 111 Å². The van der Waals surface area contributed by atoms with E-state index in [1.165, 1.54) is 35.4 Å². The number of nitrogens with two attached hydrogens (primary N) is 1. The highest BCUT2D eigenvalue weighted by Crippen LogP contribution is 2.11. The van der Waals surface area contributed by atoms with E-state index in [9.17, 15) is 9.59 Å². The number of amides is 1. The number of carboxylic acid groups (broad SMARTS) is 1. The maximum absolute atomic E-state index is 11.0. The van der Waals surface area contributed by atoms with Crippen molar-refractivity contribution in [3.8, 4) is 5.82 Å². The fourth-order valence-electron chi connectivity index (χ4n) is 1.31. The molecule has 0 aromatic carbocycles. The second kappa shape index (κ2) is 4.05. The van der Waals surface area contributed by atoms with E-state index in [2.05, 4.69) is 10.1 Å². The van der Waals surface area contributed by atoms with Crippen LogP contribution in [0.25, 0.3) is 5.82 Å². The van der Waals surface area contributed by atoms with Crippen molar-refractivity contribution >= 4 is 11.9 Å². The third kappa shape index (κ3) is 1.98. The maximum atomic E-state index is 11.0. The molecular weight excluding hydrogens is 224 g/mol. The number of carbonyl (C=O) groups is 2. The monoisotopic (exact) mass is 232 g/mol. The Morgan fingerprint density at radius 1 is 1.41 bits per heavy atom. The number of carboxylic acids is 1. The predicted octanol–water partition coefficient (Wildman–Crippen LogP) is 0.0644. The largest absolute Gasteiger partial charge is 0.478 e. The fraction of sp³-hybridized carbons (Fsp3) is 0. The van der Waals surface area contributed by atoms with Gasteiger partial charge >= 0.3 is 5.97 Å². The van der Waals surface area contributed by atoms with Crippen molar-refractivity contribution in [1.29, 1.82) is 0 Å². The third-order valence-corrected chi connectivity index (χ3v) is 2.10. The van der Waals surface area contributed by atoms with E-state index in [-0.39, 0.29) is 16.9 Å². The first-order chi connectivity index (χ1) is 8.09. The Hall–Kier alpha value is -2.70. The van der Waals surface area contributed by atoms with Crippen molar-refractivity contribution in [3.63, 3.8) is 0 Å². The zero-order valence-corrected chi connectivity index (χ0v) is 8.57. The molecule has 0 radical (unpaired) electrons. The Morgan fingerprint density at radius 2 is 2.18 bits per heavy atom. The van der Waals surface area contributed by atoms with E-state index < -0.39 is 11.9 Å². The van der Waals surface area contributed by atoms with Crippen LogP contribution < -0.4 is 5.73 Å². The third-order valence-electron chi connectivity index (χ3n) is 2.10. The number of aromatic nitrogens is 3. The van der Waals surface area contributed by atoms with Gasteiger partial charge in [0.1, 0.15) is 5.56 Å². The summed E-state index contributed by atoms with van der Waals surface area (Å²) in [7, 11) is 0. The molecule has 0 spiro atoms. The van der Waals surface area contributed by atoms with Gasteiger partial charge in [0.25, 0.3) is 5.91 Å². The average Bonchev–Trinajstić information content (AvgIpc) is 2.78. The van der Waals surface area contributed by atoms with Crippen LogP contribution in [0.2, 0.25) is 0 Å². The van der Waals surface area contributed by atoms with Gasteiger partial charge in [0.15, 0.2) is 5.82 Å². The lowest BCUT2D eigenvalue weighted by Crippen LogP contribution is -2.10. The van der Waals surface area contributed by atoms with Crippen LogP contribution in [0, 0.1) is 0 Å². The normalized spacial score (nSPS) is 10.1. The number of hydrogen-bond donors (Lipinski definition) is 2. The van der Waals surface area contributed by atoms with Gasteiger partial charge in [0.2, 0.25) is 0 Å². The molecule has 7 nitrogen and oxygen atoms in total. The summed E-state index contributed by atoms with van der Waals surface area (Å²) in [5.74, 6) is -1.62. The van der Waals surface area contributed by atoms with Gasteiger partial charge in [-0.15, -0.1) is 0 Å². The van der Waals surface area contributed by atoms with E-state index in [1.54, 1.807) is 0 Å². The van der Waals surface area contributed by atoms with Gasteiger partial charge < -0.3 is 10.8 Å². The highest BCUT2D eigenvalue weighted by Gasteiger charge is 2.14. The van der Waals surface area contributed by atoms with Crippen molar-refractivity contribution in [3.05, 3.63) is 41.9 Å². The van der Waals surface area contributed by atoms with Gasteiger partial charge in [-0.2, -0.15) is 5.10 Å². The summed E-state index contributed by atoms with van der Waals surface area (Å²) < 4.78 is 1.20. The molecule has 17 heavy (non-hydrogen) atoms. The summed E-state index contributed by atoms with van der Waals surface area (Å²) in [6.45, 7) is 0. The summed E-state index contributed by atoms with van der Waals surface area (Å²) in [6.07, 6.45) is 4.02. The van der Waals surface area contributed by atoms with Crippen molar-refractivity contribution < 1.29 is 14.7 Å². The molecule has 1 amide bonds. The van der Waals surface area contributed by atoms with E-state index in [4.69, 9.17) is 10.8 Å². The minimum absolute atomic E-state index is 0.00776. The van der Waals surface area contributed by atoms with Crippen molar-refractivity contribution in [2.24, 2.45) is 5.73 Å². The zero-order valence-electron chi connectivity index (χ0n) is 8.57. The zero-order chi connectivity index (χ0) is 12.4. The minimum Gasteiger partial charge on any atom is -0.478 e. The standard InChI is InChI=1S/C10H8N4O3/c11-8(15)6-4-13-14(5-6)9-7(10(16)17)2-1-3-12-9/h1-5H,(H2,11,15)(H,16,17). The van der Waals surface area contributed by atoms with Gasteiger partial charge in [-0.1, -0.05) is 0 Å². The molecule has 3 N–H and O–H groups in total. The summed E-state index contributed by atoms with van der Waals surface area (Å²) >= 11 is 0. The first-order valence-electron chi connectivity index (χ1n) is 4.63. The molecular formula is C10H8N4O3. The summed E-state index contributed by atoms with van der Waals surface area (Å²) in [6, 6.07) is 2.90. The van der Waals surface area contributed by atoms with Gasteiger partial charge in [0, 0.05) is 12.4 Å². The van der Waals surface area contributed by atoms with Gasteiger partial charge in [-0.3, -0.25) is 4.79 Å². The highest BCUT2D eigenvalue weighted by atomic mass is 16.4. The highest BCUT2D eigenvalue weighted by molar-refractivity contribution is 5.93. The lowest BCUT2D eigenvalue weighted by atomic mass is 10.2. The Labute approximate surface area is 95.5 Å². The molecule has 0 atom stereocenters. The summed E-state index contributed by atoms with van der Waals surface area (Å²) in [4.78, 5) is 25.8. The van der Waals surface area contributed by atoms with Crippen LogP contribution in [0.5, 0.6) is 0 Å². The minimum atomic E-state index is -1.12. The number of aromatic carboxylic acids is 1. The Kier molecular flexibility index (Phi) is 2.57. The Morgan fingerprint density at radius 3 is 2.76 bits per heavy atom. The molecule has 86 valence electrons. The molecule has 2 aromatic heterocycles. The van der Waals surface area contributed by atoms with Crippen LogP contribution in [0.15, 0.2) is 30.7 Å². The second-order valence-corrected chi connectivity index (χ2v) is 3.22. The van der Waals surface area contributed by atoms with E-state index in [0.29, 0.717) is 0 Å².